The zero-order valence-corrected chi connectivity index (χ0v) is 12.5. The van der Waals surface area contributed by atoms with E-state index in [-0.39, 0.29) is 23.2 Å². The Labute approximate surface area is 120 Å². The second kappa shape index (κ2) is 6.19. The molecule has 1 saturated heterocycles. The number of nitrogens with one attached hydrogen (secondary N) is 1. The molecule has 1 N–H and O–H groups in total. The Morgan fingerprint density at radius 2 is 1.90 bits per heavy atom. The van der Waals surface area contributed by atoms with Crippen LogP contribution < -0.4 is 5.32 Å². The fourth-order valence-corrected chi connectivity index (χ4v) is 3.14. The highest BCUT2D eigenvalue weighted by Gasteiger charge is 2.36. The molecule has 2 rings (SSSR count). The lowest BCUT2D eigenvalue weighted by Gasteiger charge is -2.42. The van der Waals surface area contributed by atoms with Crippen molar-refractivity contribution in [3.8, 4) is 0 Å². The van der Waals surface area contributed by atoms with Crippen LogP contribution in [0.25, 0.3) is 0 Å². The quantitative estimate of drug-likeness (QED) is 0.893. The van der Waals surface area contributed by atoms with Gasteiger partial charge in [-0.2, -0.15) is 0 Å². The predicted octanol–water partition coefficient (Wildman–Crippen LogP) is 2.97. The van der Waals surface area contributed by atoms with E-state index >= 15 is 0 Å². The van der Waals surface area contributed by atoms with Gasteiger partial charge in [0.05, 0.1) is 0 Å². The lowest BCUT2D eigenvalue weighted by atomic mass is 9.87. The zero-order valence-electron chi connectivity index (χ0n) is 12.5. The lowest BCUT2D eigenvalue weighted by molar-refractivity contribution is 0.110. The maximum atomic E-state index is 13.8. The molecule has 1 aliphatic heterocycles. The molecule has 1 heterocycles. The van der Waals surface area contributed by atoms with Crippen LogP contribution in [0.5, 0.6) is 0 Å². The van der Waals surface area contributed by atoms with Crippen LogP contribution in [0.3, 0.4) is 0 Å². The number of hydrogen-bond acceptors (Lipinski definition) is 2. The topological polar surface area (TPSA) is 15.3 Å². The standard InChI is InChI=1S/C16H24F2N2/c1-16(2,20-8-4-5-9-20)15(19-3)11-12-10-13(17)6-7-14(12)18/h6-7,10,15,19H,4-5,8-9,11H2,1-3H3. The van der Waals surface area contributed by atoms with E-state index in [0.717, 1.165) is 13.1 Å². The van der Waals surface area contributed by atoms with E-state index in [1.807, 2.05) is 7.05 Å². The van der Waals surface area contributed by atoms with E-state index in [4.69, 9.17) is 0 Å². The third-order valence-electron chi connectivity index (χ3n) is 4.55. The second-order valence-electron chi connectivity index (χ2n) is 6.13. The SMILES string of the molecule is CNC(Cc1cc(F)ccc1F)C(C)(C)N1CCCC1. The molecule has 0 saturated carbocycles. The fourth-order valence-electron chi connectivity index (χ4n) is 3.14. The largest absolute Gasteiger partial charge is 0.315 e. The maximum Gasteiger partial charge on any atom is 0.126 e. The van der Waals surface area contributed by atoms with Crippen LogP contribution in [0, 0.1) is 11.6 Å². The fraction of sp³-hybridized carbons (Fsp3) is 0.625. The molecule has 20 heavy (non-hydrogen) atoms. The molecule has 0 spiro atoms. The Balaban J connectivity index is 2.17. The minimum Gasteiger partial charge on any atom is -0.315 e. The van der Waals surface area contributed by atoms with Gasteiger partial charge in [0.1, 0.15) is 11.6 Å². The normalized spacial score (nSPS) is 18.4. The van der Waals surface area contributed by atoms with Gasteiger partial charge in [0.25, 0.3) is 0 Å². The highest BCUT2D eigenvalue weighted by atomic mass is 19.1. The van der Waals surface area contributed by atoms with Gasteiger partial charge in [0.15, 0.2) is 0 Å². The van der Waals surface area contributed by atoms with Crippen LogP contribution in [0.15, 0.2) is 18.2 Å². The average Bonchev–Trinajstić information content (AvgIpc) is 2.94. The van der Waals surface area contributed by atoms with Gasteiger partial charge in [-0.05, 0) is 77.0 Å². The molecule has 0 bridgehead atoms. The number of likely N-dealkylation sites (N-methyl/N-ethyl adjacent to an activating group) is 1. The first-order valence-electron chi connectivity index (χ1n) is 7.31. The van der Waals surface area contributed by atoms with Crippen molar-refractivity contribution in [3.05, 3.63) is 35.4 Å². The molecule has 1 atom stereocenters. The van der Waals surface area contributed by atoms with Crippen molar-refractivity contribution in [1.82, 2.24) is 10.2 Å². The summed E-state index contributed by atoms with van der Waals surface area (Å²) in [7, 11) is 1.89. The Morgan fingerprint density at radius 3 is 2.50 bits per heavy atom. The molecule has 1 aromatic rings. The van der Waals surface area contributed by atoms with Crippen LogP contribution in [-0.4, -0.2) is 36.6 Å². The van der Waals surface area contributed by atoms with Crippen molar-refractivity contribution in [2.24, 2.45) is 0 Å². The molecule has 1 aliphatic rings. The summed E-state index contributed by atoms with van der Waals surface area (Å²) in [4.78, 5) is 2.44. The summed E-state index contributed by atoms with van der Waals surface area (Å²) in [6, 6.07) is 3.76. The summed E-state index contributed by atoms with van der Waals surface area (Å²) in [5.74, 6) is -0.709. The number of benzene rings is 1. The van der Waals surface area contributed by atoms with Crippen LogP contribution in [0.1, 0.15) is 32.3 Å². The van der Waals surface area contributed by atoms with E-state index < -0.39 is 0 Å². The second-order valence-corrected chi connectivity index (χ2v) is 6.13. The molecule has 1 aromatic carbocycles. The summed E-state index contributed by atoms with van der Waals surface area (Å²) in [5.41, 5.74) is 0.362. The van der Waals surface area contributed by atoms with Crippen molar-refractivity contribution in [3.63, 3.8) is 0 Å². The first kappa shape index (κ1) is 15.4. The number of rotatable bonds is 5. The Bertz CT molecular complexity index is 454. The molecule has 1 fully saturated rings. The van der Waals surface area contributed by atoms with Gasteiger partial charge in [-0.15, -0.1) is 0 Å². The summed E-state index contributed by atoms with van der Waals surface area (Å²) in [6.07, 6.45) is 2.92. The molecule has 0 aliphatic carbocycles. The number of halogens is 2. The van der Waals surface area contributed by atoms with Gasteiger partial charge in [-0.3, -0.25) is 4.90 Å². The summed E-state index contributed by atoms with van der Waals surface area (Å²) >= 11 is 0. The van der Waals surface area contributed by atoms with Gasteiger partial charge in [-0.1, -0.05) is 0 Å². The number of nitrogens with zero attached hydrogens (tertiary/aromatic N) is 1. The maximum absolute atomic E-state index is 13.8. The minimum absolute atomic E-state index is 0.0794. The zero-order chi connectivity index (χ0) is 14.8. The minimum atomic E-state index is -0.379. The van der Waals surface area contributed by atoms with Gasteiger partial charge in [0, 0.05) is 11.6 Å². The molecule has 2 nitrogen and oxygen atoms in total. The van der Waals surface area contributed by atoms with Crippen LogP contribution in [-0.2, 0) is 6.42 Å². The number of likely N-dealkylation sites (tertiary alicyclic amines) is 1. The molecular weight excluding hydrogens is 258 g/mol. The third kappa shape index (κ3) is 3.18. The molecule has 0 radical (unpaired) electrons. The van der Waals surface area contributed by atoms with Crippen molar-refractivity contribution in [2.45, 2.75) is 44.7 Å². The van der Waals surface area contributed by atoms with Crippen molar-refractivity contribution in [1.29, 1.82) is 0 Å². The first-order valence-corrected chi connectivity index (χ1v) is 7.31. The molecule has 0 amide bonds. The van der Waals surface area contributed by atoms with E-state index in [1.54, 1.807) is 0 Å². The Hall–Kier alpha value is -1.00. The van der Waals surface area contributed by atoms with E-state index in [9.17, 15) is 8.78 Å². The Morgan fingerprint density at radius 1 is 1.25 bits per heavy atom. The number of hydrogen-bond donors (Lipinski definition) is 1. The highest BCUT2D eigenvalue weighted by Crippen LogP contribution is 2.27. The van der Waals surface area contributed by atoms with Gasteiger partial charge in [-0.25, -0.2) is 8.78 Å². The van der Waals surface area contributed by atoms with Crippen molar-refractivity contribution in [2.75, 3.05) is 20.1 Å². The molecular formula is C16H24F2N2. The van der Waals surface area contributed by atoms with E-state index in [1.165, 1.54) is 31.0 Å². The van der Waals surface area contributed by atoms with Gasteiger partial charge < -0.3 is 5.32 Å². The lowest BCUT2D eigenvalue weighted by Crippen LogP contribution is -2.57. The molecule has 4 heteroatoms. The van der Waals surface area contributed by atoms with E-state index in [2.05, 4.69) is 24.1 Å². The van der Waals surface area contributed by atoms with Crippen molar-refractivity contribution >= 4 is 0 Å². The van der Waals surface area contributed by atoms with Gasteiger partial charge >= 0.3 is 0 Å². The average molecular weight is 282 g/mol. The summed E-state index contributed by atoms with van der Waals surface area (Å²) < 4.78 is 27.1. The molecule has 0 aromatic heterocycles. The Kier molecular flexibility index (Phi) is 4.76. The van der Waals surface area contributed by atoms with E-state index in [0.29, 0.717) is 12.0 Å². The van der Waals surface area contributed by atoms with Crippen LogP contribution in [0.4, 0.5) is 8.78 Å². The van der Waals surface area contributed by atoms with Crippen LogP contribution in [0.2, 0.25) is 0 Å². The van der Waals surface area contributed by atoms with Crippen LogP contribution >= 0.6 is 0 Å². The summed E-state index contributed by atoms with van der Waals surface area (Å²) in [5, 5.41) is 3.28. The predicted molar refractivity (Wildman–Crippen MR) is 77.8 cm³/mol. The monoisotopic (exact) mass is 282 g/mol. The molecule has 1 unspecified atom stereocenters. The third-order valence-corrected chi connectivity index (χ3v) is 4.55. The smallest absolute Gasteiger partial charge is 0.126 e. The van der Waals surface area contributed by atoms with Gasteiger partial charge in [0.2, 0.25) is 0 Å². The summed E-state index contributed by atoms with van der Waals surface area (Å²) in [6.45, 7) is 6.51. The first-order chi connectivity index (χ1) is 9.45. The highest BCUT2D eigenvalue weighted by molar-refractivity contribution is 5.21. The molecule has 112 valence electrons. The van der Waals surface area contributed by atoms with Crippen molar-refractivity contribution < 1.29 is 8.78 Å².